The van der Waals surface area contributed by atoms with Gasteiger partial charge in [-0.1, -0.05) is 12.1 Å². The van der Waals surface area contributed by atoms with Crippen molar-refractivity contribution >= 4 is 18.3 Å². The molecule has 1 fully saturated rings. The predicted molar refractivity (Wildman–Crippen MR) is 94.3 cm³/mol. The first-order valence-corrected chi connectivity index (χ1v) is 7.97. The van der Waals surface area contributed by atoms with Gasteiger partial charge in [0.25, 0.3) is 5.91 Å². The minimum atomic E-state index is -0.775. The van der Waals surface area contributed by atoms with Crippen LogP contribution in [-0.4, -0.2) is 46.1 Å². The summed E-state index contributed by atoms with van der Waals surface area (Å²) in [6, 6.07) is 5.93. The number of carbonyl (C=O) groups excluding carboxylic acids is 1. The van der Waals surface area contributed by atoms with E-state index in [4.69, 9.17) is 4.74 Å². The van der Waals surface area contributed by atoms with Crippen LogP contribution in [0.5, 0.6) is 5.75 Å². The van der Waals surface area contributed by atoms with E-state index in [2.05, 4.69) is 10.3 Å². The molecule has 3 rings (SSSR count). The maximum atomic E-state index is 13.7. The second-order valence-electron chi connectivity index (χ2n) is 5.84. The van der Waals surface area contributed by atoms with Crippen LogP contribution in [0, 0.1) is 5.82 Å². The second kappa shape index (κ2) is 8.31. The van der Waals surface area contributed by atoms with E-state index >= 15 is 0 Å². The highest BCUT2D eigenvalue weighted by Crippen LogP contribution is 2.23. The summed E-state index contributed by atoms with van der Waals surface area (Å²) < 4.78 is 21.2. The average molecular weight is 369 g/mol. The summed E-state index contributed by atoms with van der Waals surface area (Å²) in [6.45, 7) is 3.54. The van der Waals surface area contributed by atoms with E-state index < -0.39 is 11.9 Å². The van der Waals surface area contributed by atoms with Gasteiger partial charge in [-0.15, -0.1) is 12.4 Å². The van der Waals surface area contributed by atoms with E-state index in [0.717, 1.165) is 5.82 Å². The number of aromatic nitrogens is 2. The topological polar surface area (TPSA) is 59.4 Å². The number of benzene rings is 1. The van der Waals surface area contributed by atoms with E-state index in [1.54, 1.807) is 30.2 Å². The summed E-state index contributed by atoms with van der Waals surface area (Å²) in [5.74, 6) is 0.251. The van der Waals surface area contributed by atoms with Crippen molar-refractivity contribution in [3.8, 4) is 5.75 Å². The molecule has 25 heavy (non-hydrogen) atoms. The summed E-state index contributed by atoms with van der Waals surface area (Å²) >= 11 is 0. The first-order chi connectivity index (χ1) is 11.6. The minimum absolute atomic E-state index is 0. The third-order valence-corrected chi connectivity index (χ3v) is 4.17. The Hall–Kier alpha value is -2.12. The van der Waals surface area contributed by atoms with Crippen molar-refractivity contribution in [1.29, 1.82) is 0 Å². The molecule has 1 amide bonds. The molecule has 2 aromatic rings. The molecule has 2 heterocycles. The normalized spacial score (nSPS) is 18.4. The van der Waals surface area contributed by atoms with Crippen LogP contribution in [0.4, 0.5) is 4.39 Å². The van der Waals surface area contributed by atoms with Crippen molar-refractivity contribution in [3.05, 3.63) is 48.3 Å². The number of amides is 1. The van der Waals surface area contributed by atoms with Crippen LogP contribution >= 0.6 is 12.4 Å². The smallest absolute Gasteiger partial charge is 0.264 e. The number of hydrogen-bond acceptors (Lipinski definition) is 4. The van der Waals surface area contributed by atoms with Crippen LogP contribution in [-0.2, 0) is 11.8 Å². The zero-order chi connectivity index (χ0) is 17.1. The number of nitrogens with one attached hydrogen (secondary N) is 1. The summed E-state index contributed by atoms with van der Waals surface area (Å²) in [7, 11) is 1.90. The van der Waals surface area contributed by atoms with E-state index in [9.17, 15) is 9.18 Å². The van der Waals surface area contributed by atoms with E-state index in [1.165, 1.54) is 12.1 Å². The van der Waals surface area contributed by atoms with Crippen LogP contribution in [0.1, 0.15) is 18.8 Å². The van der Waals surface area contributed by atoms with Gasteiger partial charge in [0.05, 0.1) is 0 Å². The predicted octanol–water partition coefficient (Wildman–Crippen LogP) is 1.92. The number of ether oxygens (including phenoxy) is 1. The summed E-state index contributed by atoms with van der Waals surface area (Å²) in [4.78, 5) is 19.0. The number of para-hydroxylation sites is 1. The highest BCUT2D eigenvalue weighted by Gasteiger charge is 2.33. The van der Waals surface area contributed by atoms with Crippen molar-refractivity contribution in [2.45, 2.75) is 19.1 Å². The van der Waals surface area contributed by atoms with Gasteiger partial charge in [-0.2, -0.15) is 0 Å². The highest BCUT2D eigenvalue weighted by atomic mass is 35.5. The zero-order valence-corrected chi connectivity index (χ0v) is 15.0. The molecule has 0 bridgehead atoms. The maximum Gasteiger partial charge on any atom is 0.264 e. The Morgan fingerprint density at radius 1 is 1.44 bits per heavy atom. The fourth-order valence-electron chi connectivity index (χ4n) is 2.91. The molecule has 8 heteroatoms. The molecule has 1 aromatic carbocycles. The first-order valence-electron chi connectivity index (χ1n) is 7.97. The SMILES string of the molecule is CC(Oc1ccccc1F)C(=O)N1CCNCC1c1nccn1C.Cl. The van der Waals surface area contributed by atoms with Crippen LogP contribution in [0.2, 0.25) is 0 Å². The molecular formula is C17H22ClFN4O2. The number of rotatable bonds is 4. The molecule has 1 N–H and O–H groups in total. The quantitative estimate of drug-likeness (QED) is 0.895. The molecule has 2 atom stereocenters. The first kappa shape index (κ1) is 19.2. The highest BCUT2D eigenvalue weighted by molar-refractivity contribution is 5.85. The fourth-order valence-corrected chi connectivity index (χ4v) is 2.91. The molecule has 1 aliphatic rings. The van der Waals surface area contributed by atoms with Crippen molar-refractivity contribution in [2.75, 3.05) is 19.6 Å². The Labute approximate surface area is 152 Å². The van der Waals surface area contributed by atoms with Gasteiger partial charge in [-0.05, 0) is 19.1 Å². The molecule has 0 spiro atoms. The van der Waals surface area contributed by atoms with Gasteiger partial charge >= 0.3 is 0 Å². The number of nitrogens with zero attached hydrogens (tertiary/aromatic N) is 3. The molecule has 1 saturated heterocycles. The Morgan fingerprint density at radius 3 is 2.88 bits per heavy atom. The van der Waals surface area contributed by atoms with Gasteiger partial charge in [-0.25, -0.2) is 9.37 Å². The number of halogens is 2. The lowest BCUT2D eigenvalue weighted by atomic mass is 10.1. The second-order valence-corrected chi connectivity index (χ2v) is 5.84. The van der Waals surface area contributed by atoms with Gasteiger partial charge in [0.15, 0.2) is 17.7 Å². The number of hydrogen-bond donors (Lipinski definition) is 1. The van der Waals surface area contributed by atoms with E-state index in [0.29, 0.717) is 19.6 Å². The molecule has 1 aromatic heterocycles. The van der Waals surface area contributed by atoms with E-state index in [1.807, 2.05) is 17.8 Å². The number of carbonyl (C=O) groups is 1. The van der Waals surface area contributed by atoms with Crippen molar-refractivity contribution < 1.29 is 13.9 Å². The summed E-state index contributed by atoms with van der Waals surface area (Å²) in [6.07, 6.45) is 2.79. The van der Waals surface area contributed by atoms with Crippen LogP contribution in [0.3, 0.4) is 0 Å². The van der Waals surface area contributed by atoms with E-state index in [-0.39, 0.29) is 30.1 Å². The van der Waals surface area contributed by atoms with Gasteiger partial charge in [0.2, 0.25) is 0 Å². The average Bonchev–Trinajstić information content (AvgIpc) is 3.02. The summed E-state index contributed by atoms with van der Waals surface area (Å²) in [5, 5.41) is 3.28. The molecule has 0 radical (unpaired) electrons. The maximum absolute atomic E-state index is 13.7. The lowest BCUT2D eigenvalue weighted by molar-refractivity contribution is -0.141. The monoisotopic (exact) mass is 368 g/mol. The Bertz CT molecular complexity index is 724. The molecule has 136 valence electrons. The minimum Gasteiger partial charge on any atom is -0.478 e. The lowest BCUT2D eigenvalue weighted by Gasteiger charge is -2.37. The molecular weight excluding hydrogens is 347 g/mol. The number of aryl methyl sites for hydroxylation is 1. The Morgan fingerprint density at radius 2 is 2.20 bits per heavy atom. The fraction of sp³-hybridized carbons (Fsp3) is 0.412. The lowest BCUT2D eigenvalue weighted by Crippen LogP contribution is -2.52. The van der Waals surface area contributed by atoms with Gasteiger partial charge in [-0.3, -0.25) is 4.79 Å². The van der Waals surface area contributed by atoms with Crippen molar-refractivity contribution in [1.82, 2.24) is 19.8 Å². The molecule has 0 saturated carbocycles. The molecule has 1 aliphatic heterocycles. The summed E-state index contributed by atoms with van der Waals surface area (Å²) in [5.41, 5.74) is 0. The van der Waals surface area contributed by atoms with Crippen LogP contribution in [0.25, 0.3) is 0 Å². The molecule has 2 unspecified atom stereocenters. The van der Waals surface area contributed by atoms with Crippen LogP contribution in [0.15, 0.2) is 36.7 Å². The number of piperazine rings is 1. The van der Waals surface area contributed by atoms with Crippen molar-refractivity contribution in [3.63, 3.8) is 0 Å². The zero-order valence-electron chi connectivity index (χ0n) is 14.2. The Kier molecular flexibility index (Phi) is 6.39. The van der Waals surface area contributed by atoms with Gasteiger partial charge < -0.3 is 19.5 Å². The largest absolute Gasteiger partial charge is 0.478 e. The third-order valence-electron chi connectivity index (χ3n) is 4.17. The Balaban J connectivity index is 0.00000225. The standard InChI is InChI=1S/C17H21FN4O2.ClH/c1-12(24-15-6-4-3-5-13(15)18)17(23)22-10-7-19-11-14(22)16-20-8-9-21(16)2;/h3-6,8-9,12,14,19H,7,10-11H2,1-2H3;1H. The van der Waals surface area contributed by atoms with Gasteiger partial charge in [0.1, 0.15) is 11.9 Å². The van der Waals surface area contributed by atoms with Crippen LogP contribution < -0.4 is 10.1 Å². The van der Waals surface area contributed by atoms with Crippen molar-refractivity contribution in [2.24, 2.45) is 7.05 Å². The number of imidazole rings is 1. The molecule has 6 nitrogen and oxygen atoms in total. The van der Waals surface area contributed by atoms with Gasteiger partial charge in [0, 0.05) is 39.1 Å². The third kappa shape index (κ3) is 4.11. The molecule has 0 aliphatic carbocycles.